The number of ether oxygens (including phenoxy) is 1. The maximum atomic E-state index is 12.3. The van der Waals surface area contributed by atoms with Crippen molar-refractivity contribution in [1.82, 2.24) is 5.32 Å². The molecule has 2 rings (SSSR count). The van der Waals surface area contributed by atoms with Gasteiger partial charge in [0.2, 0.25) is 0 Å². The maximum Gasteiger partial charge on any atom is 0.446 e. The topological polar surface area (TPSA) is 38.3 Å². The van der Waals surface area contributed by atoms with Gasteiger partial charge in [0.1, 0.15) is 0 Å². The first-order valence-corrected chi connectivity index (χ1v) is 8.49. The van der Waals surface area contributed by atoms with Crippen LogP contribution in [0.2, 0.25) is 0 Å². The van der Waals surface area contributed by atoms with Gasteiger partial charge in [-0.15, -0.1) is 0 Å². The van der Waals surface area contributed by atoms with E-state index in [-0.39, 0.29) is 22.6 Å². The quantitative estimate of drug-likeness (QED) is 0.715. The minimum atomic E-state index is -4.34. The highest BCUT2D eigenvalue weighted by Gasteiger charge is 2.29. The van der Waals surface area contributed by atoms with Gasteiger partial charge < -0.3 is 10.1 Å². The number of benzene rings is 2. The molecule has 0 aliphatic rings. The molecule has 7 heteroatoms. The first kappa shape index (κ1) is 19.3. The number of hydrogen-bond acceptors (Lipinski definition) is 3. The third kappa shape index (κ3) is 6.43. The number of carbonyl (C=O) groups excluding carboxylic acids is 1. The summed E-state index contributed by atoms with van der Waals surface area (Å²) in [5, 5.41) is 2.78. The molecule has 3 nitrogen and oxygen atoms in total. The third-order valence-electron chi connectivity index (χ3n) is 3.37. The Bertz CT molecular complexity index is 702. The lowest BCUT2D eigenvalue weighted by Gasteiger charge is -2.11. The van der Waals surface area contributed by atoms with E-state index < -0.39 is 5.51 Å². The van der Waals surface area contributed by atoms with Crippen LogP contribution in [-0.4, -0.2) is 18.0 Å². The van der Waals surface area contributed by atoms with Gasteiger partial charge in [0.25, 0.3) is 5.91 Å². The minimum absolute atomic E-state index is 0.0473. The Balaban J connectivity index is 1.96. The smallest absolute Gasteiger partial charge is 0.377 e. The maximum absolute atomic E-state index is 12.3. The Morgan fingerprint density at radius 3 is 2.32 bits per heavy atom. The summed E-state index contributed by atoms with van der Waals surface area (Å²) in [7, 11) is 0. The summed E-state index contributed by atoms with van der Waals surface area (Å²) in [4.78, 5) is 12.2. The average Bonchev–Trinajstić information content (AvgIpc) is 2.57. The molecule has 0 bridgehead atoms. The van der Waals surface area contributed by atoms with Gasteiger partial charge in [-0.3, -0.25) is 4.79 Å². The molecular weight excluding hydrogens is 351 g/mol. The lowest BCUT2D eigenvalue weighted by atomic mass is 10.1. The van der Waals surface area contributed by atoms with Gasteiger partial charge in [-0.25, -0.2) is 0 Å². The zero-order valence-electron chi connectivity index (χ0n) is 13.6. The van der Waals surface area contributed by atoms with Crippen LogP contribution in [0.1, 0.15) is 28.4 Å². The second-order valence-electron chi connectivity index (χ2n) is 5.16. The fourth-order valence-electron chi connectivity index (χ4n) is 2.17. The van der Waals surface area contributed by atoms with Gasteiger partial charge in [-0.1, -0.05) is 24.3 Å². The Morgan fingerprint density at radius 2 is 1.72 bits per heavy atom. The number of alkyl halides is 3. The van der Waals surface area contributed by atoms with Crippen molar-refractivity contribution >= 4 is 17.7 Å². The van der Waals surface area contributed by atoms with E-state index >= 15 is 0 Å². The van der Waals surface area contributed by atoms with Crippen molar-refractivity contribution in [3.63, 3.8) is 0 Å². The highest BCUT2D eigenvalue weighted by molar-refractivity contribution is 8.00. The predicted octanol–water partition coefficient (Wildman–Crippen LogP) is 4.77. The molecular formula is C18H18F3NO2S. The summed E-state index contributed by atoms with van der Waals surface area (Å²) in [6.07, 6.45) is 0. The Labute approximate surface area is 148 Å². The number of halogens is 3. The lowest BCUT2D eigenvalue weighted by molar-refractivity contribution is -0.0328. The summed E-state index contributed by atoms with van der Waals surface area (Å²) < 4.78 is 42.3. The number of nitrogens with one attached hydrogen (secondary N) is 1. The summed E-state index contributed by atoms with van der Waals surface area (Å²) in [6.45, 7) is 3.29. The van der Waals surface area contributed by atoms with Crippen molar-refractivity contribution in [2.45, 2.75) is 30.5 Å². The first-order valence-electron chi connectivity index (χ1n) is 7.67. The van der Waals surface area contributed by atoms with Crippen LogP contribution < -0.4 is 5.32 Å². The lowest BCUT2D eigenvalue weighted by Crippen LogP contribution is -2.23. The van der Waals surface area contributed by atoms with Gasteiger partial charge in [0.05, 0.1) is 6.61 Å². The molecule has 0 atom stereocenters. The molecule has 134 valence electrons. The van der Waals surface area contributed by atoms with Gasteiger partial charge in [0, 0.05) is 23.6 Å². The molecule has 2 aromatic rings. The summed E-state index contributed by atoms with van der Waals surface area (Å²) in [5.41, 5.74) is -2.10. The number of carbonyl (C=O) groups is 1. The van der Waals surface area contributed by atoms with Crippen molar-refractivity contribution in [2.75, 3.05) is 6.61 Å². The minimum Gasteiger partial charge on any atom is -0.377 e. The molecule has 0 saturated carbocycles. The molecule has 0 heterocycles. The van der Waals surface area contributed by atoms with Crippen LogP contribution in [0.5, 0.6) is 0 Å². The Morgan fingerprint density at radius 1 is 1.08 bits per heavy atom. The van der Waals surface area contributed by atoms with Crippen molar-refractivity contribution in [3.05, 3.63) is 65.2 Å². The van der Waals surface area contributed by atoms with Crippen molar-refractivity contribution < 1.29 is 22.7 Å². The van der Waals surface area contributed by atoms with E-state index in [1.165, 1.54) is 24.3 Å². The molecule has 0 radical (unpaired) electrons. The van der Waals surface area contributed by atoms with Crippen LogP contribution in [0, 0.1) is 0 Å². The number of rotatable bonds is 7. The standard InChI is InChI=1S/C18H18F3NO2S/c1-2-24-12-15-6-4-3-5-14(15)11-22-17(23)13-7-9-16(10-8-13)25-18(19,20)21/h3-10H,2,11-12H2,1H3,(H,22,23). The van der Waals surface area contributed by atoms with Crippen LogP contribution in [0.15, 0.2) is 53.4 Å². The van der Waals surface area contributed by atoms with Gasteiger partial charge in [-0.2, -0.15) is 13.2 Å². The monoisotopic (exact) mass is 369 g/mol. The second-order valence-corrected chi connectivity index (χ2v) is 6.30. The van der Waals surface area contributed by atoms with Crippen LogP contribution in [0.4, 0.5) is 13.2 Å². The third-order valence-corrected chi connectivity index (χ3v) is 4.11. The SMILES string of the molecule is CCOCc1ccccc1CNC(=O)c1ccc(SC(F)(F)F)cc1. The molecule has 0 fully saturated rings. The second kappa shape index (κ2) is 8.92. The zero-order chi connectivity index (χ0) is 18.3. The average molecular weight is 369 g/mol. The molecule has 0 aliphatic carbocycles. The summed E-state index contributed by atoms with van der Waals surface area (Å²) >= 11 is -0.205. The van der Waals surface area contributed by atoms with E-state index in [1.54, 1.807) is 0 Å². The van der Waals surface area contributed by atoms with E-state index in [0.717, 1.165) is 11.1 Å². The van der Waals surface area contributed by atoms with E-state index in [1.807, 2.05) is 31.2 Å². The fourth-order valence-corrected chi connectivity index (χ4v) is 2.71. The molecule has 2 aromatic carbocycles. The molecule has 1 amide bonds. The van der Waals surface area contributed by atoms with Crippen LogP contribution in [-0.2, 0) is 17.9 Å². The van der Waals surface area contributed by atoms with Gasteiger partial charge >= 0.3 is 5.51 Å². The summed E-state index contributed by atoms with van der Waals surface area (Å²) in [6, 6.07) is 13.0. The molecule has 0 unspecified atom stereocenters. The molecule has 1 N–H and O–H groups in total. The largest absolute Gasteiger partial charge is 0.446 e. The van der Waals surface area contributed by atoms with Crippen LogP contribution >= 0.6 is 11.8 Å². The first-order chi connectivity index (χ1) is 11.9. The van der Waals surface area contributed by atoms with Crippen molar-refractivity contribution in [2.24, 2.45) is 0 Å². The normalized spacial score (nSPS) is 11.4. The van der Waals surface area contributed by atoms with Gasteiger partial charge in [0.15, 0.2) is 0 Å². The molecule has 0 saturated heterocycles. The van der Waals surface area contributed by atoms with Crippen LogP contribution in [0.25, 0.3) is 0 Å². The van der Waals surface area contributed by atoms with E-state index in [2.05, 4.69) is 5.32 Å². The molecule has 0 aromatic heterocycles. The van der Waals surface area contributed by atoms with E-state index in [9.17, 15) is 18.0 Å². The Hall–Kier alpha value is -1.99. The fraction of sp³-hybridized carbons (Fsp3) is 0.278. The number of thioether (sulfide) groups is 1. The molecule has 0 spiro atoms. The van der Waals surface area contributed by atoms with E-state index in [0.29, 0.717) is 25.3 Å². The van der Waals surface area contributed by atoms with Gasteiger partial charge in [-0.05, 0) is 54.1 Å². The Kier molecular flexibility index (Phi) is 6.90. The molecule has 0 aliphatic heterocycles. The summed E-state index contributed by atoms with van der Waals surface area (Å²) in [5.74, 6) is -0.338. The molecule has 25 heavy (non-hydrogen) atoms. The zero-order valence-corrected chi connectivity index (χ0v) is 14.4. The number of hydrogen-bond donors (Lipinski definition) is 1. The number of amides is 1. The highest BCUT2D eigenvalue weighted by atomic mass is 32.2. The van der Waals surface area contributed by atoms with Crippen molar-refractivity contribution in [3.8, 4) is 0 Å². The van der Waals surface area contributed by atoms with E-state index in [4.69, 9.17) is 4.74 Å². The van der Waals surface area contributed by atoms with Crippen molar-refractivity contribution in [1.29, 1.82) is 0 Å². The highest BCUT2D eigenvalue weighted by Crippen LogP contribution is 2.36. The van der Waals surface area contributed by atoms with Crippen LogP contribution in [0.3, 0.4) is 0 Å². The predicted molar refractivity (Wildman–Crippen MR) is 91.3 cm³/mol.